The van der Waals surface area contributed by atoms with Gasteiger partial charge in [0.05, 0.1) is 12.0 Å². The summed E-state index contributed by atoms with van der Waals surface area (Å²) in [6.45, 7) is 0. The standard InChI is InChI=1S/C19H30NO3PS/c1-23-16-12-14-19(15-13-16)25(21,22)20-24(17-8-4-2-5-9-17)18-10-6-3-7-11-18/h12-15,17-18,24H,2-11H2,1H3. The highest BCUT2D eigenvalue weighted by Gasteiger charge is 2.28. The van der Waals surface area contributed by atoms with Crippen LogP contribution in [0, 0.1) is 0 Å². The Morgan fingerprint density at radius 3 is 1.80 bits per heavy atom. The molecule has 0 aliphatic heterocycles. The predicted molar refractivity (Wildman–Crippen MR) is 105 cm³/mol. The zero-order valence-corrected chi connectivity index (χ0v) is 16.9. The molecule has 0 radical (unpaired) electrons. The molecule has 1 aromatic carbocycles. The van der Waals surface area contributed by atoms with Crippen LogP contribution in [0.15, 0.2) is 33.3 Å². The largest absolute Gasteiger partial charge is 0.497 e. The summed E-state index contributed by atoms with van der Waals surface area (Å²) in [5, 5.41) is 0. The molecule has 1 aromatic rings. The van der Waals surface area contributed by atoms with Gasteiger partial charge in [-0.25, -0.2) is 0 Å². The van der Waals surface area contributed by atoms with E-state index in [4.69, 9.17) is 4.74 Å². The summed E-state index contributed by atoms with van der Waals surface area (Å²) in [4.78, 5) is 0.308. The lowest BCUT2D eigenvalue weighted by Crippen LogP contribution is -2.17. The average molecular weight is 383 g/mol. The maximum atomic E-state index is 12.9. The normalized spacial score (nSPS) is 20.6. The van der Waals surface area contributed by atoms with E-state index in [0.29, 0.717) is 22.0 Å². The van der Waals surface area contributed by atoms with Crippen LogP contribution in [0.3, 0.4) is 0 Å². The van der Waals surface area contributed by atoms with Gasteiger partial charge in [-0.3, -0.25) is 0 Å². The lowest BCUT2D eigenvalue weighted by atomic mass is 10.00. The SMILES string of the molecule is COc1ccc(S(=O)(=O)N=[PH](C2CCCCC2)C2CCCCC2)cc1. The molecule has 25 heavy (non-hydrogen) atoms. The summed E-state index contributed by atoms with van der Waals surface area (Å²) in [7, 11) is -3.24. The average Bonchev–Trinajstić information content (AvgIpc) is 2.67. The quantitative estimate of drug-likeness (QED) is 0.636. The summed E-state index contributed by atoms with van der Waals surface area (Å²) < 4.78 is 35.6. The van der Waals surface area contributed by atoms with E-state index >= 15 is 0 Å². The predicted octanol–water partition coefficient (Wildman–Crippen LogP) is 5.45. The Kier molecular flexibility index (Phi) is 6.62. The second kappa shape index (κ2) is 8.73. The van der Waals surface area contributed by atoms with Gasteiger partial charge in [0.1, 0.15) is 5.75 Å². The van der Waals surface area contributed by atoms with Gasteiger partial charge in [0, 0.05) is 0 Å². The molecule has 0 aromatic heterocycles. The van der Waals surface area contributed by atoms with Gasteiger partial charge in [-0.15, -0.1) is 0 Å². The van der Waals surface area contributed by atoms with Gasteiger partial charge in [-0.1, -0.05) is 38.5 Å². The Hall–Kier alpha value is -0.800. The molecule has 0 heterocycles. The fourth-order valence-electron chi connectivity index (χ4n) is 4.22. The molecule has 0 saturated heterocycles. The second-order valence-electron chi connectivity index (χ2n) is 7.34. The fraction of sp³-hybridized carbons (Fsp3) is 0.684. The summed E-state index contributed by atoms with van der Waals surface area (Å²) in [5.74, 6) is 0.670. The topological polar surface area (TPSA) is 55.7 Å². The van der Waals surface area contributed by atoms with Crippen molar-refractivity contribution in [3.05, 3.63) is 24.3 Å². The molecule has 2 aliphatic carbocycles. The van der Waals surface area contributed by atoms with E-state index < -0.39 is 17.7 Å². The lowest BCUT2D eigenvalue weighted by Gasteiger charge is -2.32. The van der Waals surface area contributed by atoms with Gasteiger partial charge in [0.2, 0.25) is 0 Å². The Morgan fingerprint density at radius 2 is 1.36 bits per heavy atom. The summed E-state index contributed by atoms with van der Waals surface area (Å²) in [6, 6.07) is 6.66. The Labute approximate surface area is 152 Å². The highest BCUT2D eigenvalue weighted by molar-refractivity contribution is 7.92. The van der Waals surface area contributed by atoms with Crippen LogP contribution in [0.25, 0.3) is 0 Å². The molecule has 2 fully saturated rings. The third-order valence-electron chi connectivity index (χ3n) is 5.63. The molecule has 2 saturated carbocycles. The van der Waals surface area contributed by atoms with Gasteiger partial charge in [-0.2, -0.15) is 12.6 Å². The first kappa shape index (κ1) is 19.0. The zero-order valence-electron chi connectivity index (χ0n) is 15.1. The smallest absolute Gasteiger partial charge is 0.280 e. The number of sulfonamides is 1. The molecule has 0 atom stereocenters. The number of nitrogens with zero attached hydrogens (tertiary/aromatic N) is 1. The van der Waals surface area contributed by atoms with Crippen LogP contribution in [0.1, 0.15) is 64.2 Å². The molecule has 3 rings (SSSR count). The highest BCUT2D eigenvalue weighted by Crippen LogP contribution is 2.50. The van der Waals surface area contributed by atoms with Crippen molar-refractivity contribution in [2.45, 2.75) is 80.4 Å². The maximum absolute atomic E-state index is 12.9. The van der Waals surface area contributed by atoms with Crippen LogP contribution in [0.4, 0.5) is 0 Å². The molecule has 0 N–H and O–H groups in total. The van der Waals surface area contributed by atoms with Gasteiger partial charge < -0.3 is 4.74 Å². The van der Waals surface area contributed by atoms with Crippen molar-refractivity contribution in [3.63, 3.8) is 0 Å². The van der Waals surface area contributed by atoms with Crippen molar-refractivity contribution in [3.8, 4) is 5.75 Å². The Balaban J connectivity index is 1.91. The van der Waals surface area contributed by atoms with E-state index in [1.165, 1.54) is 64.2 Å². The molecule has 0 bridgehead atoms. The van der Waals surface area contributed by atoms with Gasteiger partial charge in [-0.05, 0) is 69.0 Å². The minimum absolute atomic E-state index is 0.308. The van der Waals surface area contributed by atoms with Crippen molar-refractivity contribution < 1.29 is 13.2 Å². The van der Waals surface area contributed by atoms with E-state index in [-0.39, 0.29) is 0 Å². The number of benzene rings is 1. The molecule has 4 nitrogen and oxygen atoms in total. The number of hydrogen-bond acceptors (Lipinski definition) is 3. The van der Waals surface area contributed by atoms with Crippen molar-refractivity contribution in [2.24, 2.45) is 4.15 Å². The molecule has 0 spiro atoms. The monoisotopic (exact) mass is 383 g/mol. The van der Waals surface area contributed by atoms with Crippen LogP contribution in [0.2, 0.25) is 0 Å². The van der Waals surface area contributed by atoms with E-state index in [9.17, 15) is 8.42 Å². The first-order valence-electron chi connectivity index (χ1n) is 9.59. The van der Waals surface area contributed by atoms with Crippen LogP contribution in [-0.4, -0.2) is 26.8 Å². The Morgan fingerprint density at radius 1 is 0.880 bits per heavy atom. The highest BCUT2D eigenvalue weighted by atomic mass is 32.2. The van der Waals surface area contributed by atoms with Crippen molar-refractivity contribution >= 4 is 17.7 Å². The number of rotatable bonds is 5. The molecule has 6 heteroatoms. The lowest BCUT2D eigenvalue weighted by molar-refractivity contribution is 0.414. The van der Waals surface area contributed by atoms with Gasteiger partial charge in [0.15, 0.2) is 0 Å². The van der Waals surface area contributed by atoms with Crippen LogP contribution >= 0.6 is 7.71 Å². The van der Waals surface area contributed by atoms with Gasteiger partial charge >= 0.3 is 0 Å². The van der Waals surface area contributed by atoms with Crippen LogP contribution < -0.4 is 4.74 Å². The number of methoxy groups -OCH3 is 1. The van der Waals surface area contributed by atoms with Gasteiger partial charge in [0.25, 0.3) is 10.0 Å². The Bertz CT molecular complexity index is 668. The number of ether oxygens (including phenoxy) is 1. The molecule has 140 valence electrons. The first-order chi connectivity index (χ1) is 12.1. The minimum atomic E-state index is -3.57. The molecule has 0 amide bonds. The third kappa shape index (κ3) is 4.89. The second-order valence-corrected chi connectivity index (χ2v) is 12.0. The minimum Gasteiger partial charge on any atom is -0.497 e. The molecular formula is C19H30NO3PS. The third-order valence-corrected chi connectivity index (χ3v) is 11.1. The van der Waals surface area contributed by atoms with E-state index in [1.807, 2.05) is 0 Å². The van der Waals surface area contributed by atoms with E-state index in [1.54, 1.807) is 31.4 Å². The maximum Gasteiger partial charge on any atom is 0.280 e. The summed E-state index contributed by atoms with van der Waals surface area (Å²) in [5.41, 5.74) is 1.07. The first-order valence-corrected chi connectivity index (χ1v) is 12.6. The summed E-state index contributed by atoms with van der Waals surface area (Å²) in [6.07, 6.45) is 12.2. The van der Waals surface area contributed by atoms with Crippen LogP contribution in [0.5, 0.6) is 5.75 Å². The molecular weight excluding hydrogens is 353 g/mol. The van der Waals surface area contributed by atoms with Crippen molar-refractivity contribution in [1.29, 1.82) is 0 Å². The van der Waals surface area contributed by atoms with Crippen molar-refractivity contribution in [2.75, 3.05) is 7.11 Å². The van der Waals surface area contributed by atoms with E-state index in [0.717, 1.165) is 0 Å². The summed E-state index contributed by atoms with van der Waals surface area (Å²) >= 11 is 0. The zero-order chi connectivity index (χ0) is 17.7. The molecule has 0 unspecified atom stereocenters. The molecule has 2 aliphatic rings. The van der Waals surface area contributed by atoms with Crippen molar-refractivity contribution in [1.82, 2.24) is 0 Å². The number of hydrogen-bond donors (Lipinski definition) is 0. The van der Waals surface area contributed by atoms with E-state index in [2.05, 4.69) is 4.15 Å². The van der Waals surface area contributed by atoms with Crippen LogP contribution in [-0.2, 0) is 10.0 Å². The fourth-order valence-corrected chi connectivity index (χ4v) is 10.1.